The lowest BCUT2D eigenvalue weighted by atomic mass is 9.86. The van der Waals surface area contributed by atoms with Crippen molar-refractivity contribution < 1.29 is 0 Å². The zero-order chi connectivity index (χ0) is 23.9. The Kier molecular flexibility index (Phi) is 6.71. The van der Waals surface area contributed by atoms with Gasteiger partial charge in [-0.2, -0.15) is 0 Å². The lowest BCUT2D eigenvalue weighted by Crippen LogP contribution is -2.41. The zero-order valence-corrected chi connectivity index (χ0v) is 22.9. The SMILES string of the molecule is CC(C)(C)c1ccc(N(c2ccc(C(C)(C)C)cc2)c2cccc(Cl)c2[Si](C)(C)C)cc1. The standard InChI is InChI=1S/C29H38ClNSi/c1-28(2,3)21-13-17-23(18-14-21)31(24-19-15-22(16-20-24)29(4,5)6)26-12-10-11-25(30)27(26)32(7,8)9/h10-20H,1-9H3. The molecule has 0 bridgehead atoms. The van der Waals surface area contributed by atoms with Crippen molar-refractivity contribution in [3.8, 4) is 0 Å². The number of anilines is 3. The lowest BCUT2D eigenvalue weighted by molar-refractivity contribution is 0.590. The number of rotatable bonds is 4. The lowest BCUT2D eigenvalue weighted by Gasteiger charge is -2.33. The smallest absolute Gasteiger partial charge is 0.0823 e. The number of hydrogen-bond donors (Lipinski definition) is 0. The molecule has 0 aliphatic rings. The number of hydrogen-bond acceptors (Lipinski definition) is 1. The molecule has 3 rings (SSSR count). The van der Waals surface area contributed by atoms with E-state index < -0.39 is 8.07 Å². The molecule has 1 nitrogen and oxygen atoms in total. The Morgan fingerprint density at radius 2 is 1.03 bits per heavy atom. The van der Waals surface area contributed by atoms with Gasteiger partial charge in [0.1, 0.15) is 0 Å². The summed E-state index contributed by atoms with van der Waals surface area (Å²) >= 11 is 6.81. The average Bonchev–Trinajstić information content (AvgIpc) is 2.67. The third-order valence-corrected chi connectivity index (χ3v) is 8.46. The molecule has 3 aromatic rings. The van der Waals surface area contributed by atoms with Crippen LogP contribution in [-0.2, 0) is 10.8 Å². The van der Waals surface area contributed by atoms with Crippen LogP contribution in [0, 0.1) is 0 Å². The van der Waals surface area contributed by atoms with E-state index >= 15 is 0 Å². The first kappa shape index (κ1) is 24.6. The first-order chi connectivity index (χ1) is 14.7. The van der Waals surface area contributed by atoms with E-state index in [9.17, 15) is 0 Å². The summed E-state index contributed by atoms with van der Waals surface area (Å²) in [4.78, 5) is 2.37. The average molecular weight is 464 g/mol. The van der Waals surface area contributed by atoms with Gasteiger partial charge in [0.05, 0.1) is 8.07 Å². The molecule has 0 aromatic heterocycles. The summed E-state index contributed by atoms with van der Waals surface area (Å²) in [5.74, 6) is 0. The van der Waals surface area contributed by atoms with E-state index in [0.717, 1.165) is 16.4 Å². The topological polar surface area (TPSA) is 3.24 Å². The van der Waals surface area contributed by atoms with Gasteiger partial charge in [-0.1, -0.05) is 103 Å². The summed E-state index contributed by atoms with van der Waals surface area (Å²) in [7, 11) is -1.71. The molecule has 3 heteroatoms. The van der Waals surface area contributed by atoms with Crippen LogP contribution in [0.15, 0.2) is 66.7 Å². The second-order valence-corrected chi connectivity index (χ2v) is 17.2. The van der Waals surface area contributed by atoms with Gasteiger partial charge in [0.2, 0.25) is 0 Å². The van der Waals surface area contributed by atoms with Gasteiger partial charge in [0, 0.05) is 22.1 Å². The maximum Gasteiger partial charge on any atom is 0.0823 e. The Labute approximate surface area is 201 Å². The minimum Gasteiger partial charge on any atom is -0.311 e. The van der Waals surface area contributed by atoms with Crippen LogP contribution >= 0.6 is 11.6 Å². The molecule has 0 saturated carbocycles. The fourth-order valence-corrected chi connectivity index (χ4v) is 6.87. The molecule has 0 saturated heterocycles. The van der Waals surface area contributed by atoms with Gasteiger partial charge < -0.3 is 4.90 Å². The quantitative estimate of drug-likeness (QED) is 0.349. The van der Waals surface area contributed by atoms with Crippen molar-refractivity contribution in [2.45, 2.75) is 72.0 Å². The molecule has 0 aliphatic heterocycles. The van der Waals surface area contributed by atoms with Crippen molar-refractivity contribution in [1.82, 2.24) is 0 Å². The van der Waals surface area contributed by atoms with Crippen molar-refractivity contribution in [3.05, 3.63) is 82.9 Å². The van der Waals surface area contributed by atoms with Crippen LogP contribution in [0.5, 0.6) is 0 Å². The monoisotopic (exact) mass is 463 g/mol. The minimum atomic E-state index is -1.71. The molecule has 32 heavy (non-hydrogen) atoms. The highest BCUT2D eigenvalue weighted by atomic mass is 35.5. The third-order valence-electron chi connectivity index (χ3n) is 5.97. The Morgan fingerprint density at radius 1 is 0.625 bits per heavy atom. The van der Waals surface area contributed by atoms with E-state index in [-0.39, 0.29) is 10.8 Å². The number of halogens is 1. The summed E-state index contributed by atoms with van der Waals surface area (Å²) in [6.07, 6.45) is 0. The Morgan fingerprint density at radius 3 is 1.38 bits per heavy atom. The van der Waals surface area contributed by atoms with Gasteiger partial charge in [0.25, 0.3) is 0 Å². The Hall–Kier alpha value is -2.03. The molecular formula is C29H38ClNSi. The van der Waals surface area contributed by atoms with Crippen LogP contribution in [0.1, 0.15) is 52.7 Å². The van der Waals surface area contributed by atoms with Gasteiger partial charge >= 0.3 is 0 Å². The van der Waals surface area contributed by atoms with E-state index in [1.807, 2.05) is 6.07 Å². The second-order valence-electron chi connectivity index (χ2n) is 11.8. The zero-order valence-electron chi connectivity index (χ0n) is 21.2. The highest BCUT2D eigenvalue weighted by molar-refractivity contribution is 6.91. The fraction of sp³-hybridized carbons (Fsp3) is 0.379. The molecule has 0 radical (unpaired) electrons. The first-order valence-corrected chi connectivity index (χ1v) is 15.4. The Balaban J connectivity index is 2.23. The summed E-state index contributed by atoms with van der Waals surface area (Å²) in [5, 5.41) is 2.16. The van der Waals surface area contributed by atoms with Crippen LogP contribution in [0.25, 0.3) is 0 Å². The molecule has 3 aromatic carbocycles. The molecule has 0 unspecified atom stereocenters. The number of nitrogens with zero attached hydrogens (tertiary/aromatic N) is 1. The van der Waals surface area contributed by atoms with Crippen molar-refractivity contribution >= 4 is 41.9 Å². The van der Waals surface area contributed by atoms with Gasteiger partial charge in [-0.05, 0) is 63.5 Å². The van der Waals surface area contributed by atoms with E-state index in [2.05, 4.69) is 127 Å². The molecule has 0 fully saturated rings. The van der Waals surface area contributed by atoms with Crippen LogP contribution in [0.2, 0.25) is 24.7 Å². The maximum absolute atomic E-state index is 6.81. The molecule has 0 spiro atoms. The summed E-state index contributed by atoms with van der Waals surface area (Å²) in [5.41, 5.74) is 6.41. The van der Waals surface area contributed by atoms with Crippen molar-refractivity contribution in [2.75, 3.05) is 4.90 Å². The summed E-state index contributed by atoms with van der Waals surface area (Å²) in [6, 6.07) is 24.3. The molecular weight excluding hydrogens is 426 g/mol. The van der Waals surface area contributed by atoms with Crippen LogP contribution < -0.4 is 10.1 Å². The molecule has 0 atom stereocenters. The molecule has 0 heterocycles. The Bertz CT molecular complexity index is 1010. The highest BCUT2D eigenvalue weighted by Gasteiger charge is 2.27. The number of benzene rings is 3. The van der Waals surface area contributed by atoms with Gasteiger partial charge in [-0.15, -0.1) is 0 Å². The van der Waals surface area contributed by atoms with E-state index in [4.69, 9.17) is 11.6 Å². The van der Waals surface area contributed by atoms with Crippen molar-refractivity contribution in [3.63, 3.8) is 0 Å². The highest BCUT2D eigenvalue weighted by Crippen LogP contribution is 2.38. The third kappa shape index (κ3) is 5.30. The van der Waals surface area contributed by atoms with E-state index in [1.165, 1.54) is 22.0 Å². The summed E-state index contributed by atoms with van der Waals surface area (Å²) in [6.45, 7) is 20.6. The predicted molar refractivity (Wildman–Crippen MR) is 147 cm³/mol. The molecule has 0 aliphatic carbocycles. The van der Waals surface area contributed by atoms with Crippen LogP contribution in [0.3, 0.4) is 0 Å². The molecule has 0 amide bonds. The largest absolute Gasteiger partial charge is 0.311 e. The summed E-state index contributed by atoms with van der Waals surface area (Å²) < 4.78 is 0. The van der Waals surface area contributed by atoms with E-state index in [0.29, 0.717) is 0 Å². The normalized spacial score (nSPS) is 12.7. The van der Waals surface area contributed by atoms with E-state index in [1.54, 1.807) is 0 Å². The predicted octanol–water partition coefficient (Wildman–Crippen LogP) is 8.95. The van der Waals surface area contributed by atoms with Gasteiger partial charge in [-0.25, -0.2) is 0 Å². The minimum absolute atomic E-state index is 0.122. The molecule has 0 N–H and O–H groups in total. The van der Waals surface area contributed by atoms with Crippen molar-refractivity contribution in [1.29, 1.82) is 0 Å². The van der Waals surface area contributed by atoms with Gasteiger partial charge in [0.15, 0.2) is 0 Å². The first-order valence-electron chi connectivity index (χ1n) is 11.5. The second kappa shape index (κ2) is 8.72. The van der Waals surface area contributed by atoms with Crippen LogP contribution in [0.4, 0.5) is 17.1 Å². The van der Waals surface area contributed by atoms with Gasteiger partial charge in [-0.3, -0.25) is 0 Å². The maximum atomic E-state index is 6.81. The van der Waals surface area contributed by atoms with Crippen LogP contribution in [-0.4, -0.2) is 8.07 Å². The molecule has 170 valence electrons. The fourth-order valence-electron chi connectivity index (χ4n) is 4.09. The van der Waals surface area contributed by atoms with Crippen molar-refractivity contribution in [2.24, 2.45) is 0 Å².